The maximum Gasteiger partial charge on any atom is 0.258 e. The summed E-state index contributed by atoms with van der Waals surface area (Å²) in [5.41, 5.74) is 2.15. The predicted octanol–water partition coefficient (Wildman–Crippen LogP) is 4.99. The highest BCUT2D eigenvalue weighted by Crippen LogP contribution is 2.35. The topological polar surface area (TPSA) is 95.0 Å². The molecule has 8 nitrogen and oxygen atoms in total. The predicted molar refractivity (Wildman–Crippen MR) is 153 cm³/mol. The number of rotatable bonds is 8. The number of para-hydroxylation sites is 1. The molecule has 1 aromatic heterocycles. The van der Waals surface area contributed by atoms with E-state index >= 15 is 0 Å². The molecular formula is C29H32Cl2N4O4. The van der Waals surface area contributed by atoms with Crippen LogP contribution >= 0.6 is 23.2 Å². The van der Waals surface area contributed by atoms with Crippen LogP contribution in [0.4, 0.5) is 5.69 Å². The van der Waals surface area contributed by atoms with Gasteiger partial charge < -0.3 is 20.1 Å². The lowest BCUT2D eigenvalue weighted by atomic mass is 9.98. The molecule has 1 aliphatic heterocycles. The number of nitrogens with one attached hydrogen (secondary N) is 1. The van der Waals surface area contributed by atoms with Gasteiger partial charge >= 0.3 is 0 Å². The quantitative estimate of drug-likeness (QED) is 0.396. The molecule has 2 N–H and O–H groups in total. The summed E-state index contributed by atoms with van der Waals surface area (Å²) in [4.78, 5) is 34.4. The molecule has 1 aliphatic rings. The minimum absolute atomic E-state index is 0.0867. The Morgan fingerprint density at radius 3 is 2.64 bits per heavy atom. The van der Waals surface area contributed by atoms with Crippen molar-refractivity contribution in [2.75, 3.05) is 32.1 Å². The summed E-state index contributed by atoms with van der Waals surface area (Å²) in [6.07, 6.45) is 2.75. The van der Waals surface area contributed by atoms with Gasteiger partial charge in [0.2, 0.25) is 0 Å². The lowest BCUT2D eigenvalue weighted by Crippen LogP contribution is -2.49. The van der Waals surface area contributed by atoms with E-state index in [-0.39, 0.29) is 30.4 Å². The summed E-state index contributed by atoms with van der Waals surface area (Å²) < 4.78 is 6.57. The van der Waals surface area contributed by atoms with E-state index in [4.69, 9.17) is 27.9 Å². The van der Waals surface area contributed by atoms with Crippen molar-refractivity contribution in [2.45, 2.75) is 32.5 Å². The molecule has 3 atom stereocenters. The molecule has 0 fully saturated rings. The summed E-state index contributed by atoms with van der Waals surface area (Å²) in [6, 6.07) is 13.5. The molecule has 206 valence electrons. The van der Waals surface area contributed by atoms with Crippen molar-refractivity contribution in [1.29, 1.82) is 0 Å². The van der Waals surface area contributed by atoms with Gasteiger partial charge in [0.1, 0.15) is 6.10 Å². The first-order valence-corrected chi connectivity index (χ1v) is 13.5. The second-order valence-electron chi connectivity index (χ2n) is 9.94. The molecule has 0 spiro atoms. The van der Waals surface area contributed by atoms with Gasteiger partial charge in [-0.25, -0.2) is 0 Å². The van der Waals surface area contributed by atoms with E-state index in [0.717, 1.165) is 5.56 Å². The fraction of sp³-hybridized carbons (Fsp3) is 0.345. The summed E-state index contributed by atoms with van der Waals surface area (Å²) >= 11 is 12.3. The van der Waals surface area contributed by atoms with Gasteiger partial charge in [-0.2, -0.15) is 0 Å². The van der Waals surface area contributed by atoms with Gasteiger partial charge in [0.25, 0.3) is 11.8 Å². The number of amides is 2. The van der Waals surface area contributed by atoms with Gasteiger partial charge in [0.15, 0.2) is 5.75 Å². The van der Waals surface area contributed by atoms with Crippen molar-refractivity contribution < 1.29 is 19.4 Å². The maximum absolute atomic E-state index is 13.7. The zero-order valence-electron chi connectivity index (χ0n) is 22.1. The monoisotopic (exact) mass is 570 g/mol. The van der Waals surface area contributed by atoms with Crippen molar-refractivity contribution in [2.24, 2.45) is 5.92 Å². The minimum atomic E-state index is -0.393. The molecule has 39 heavy (non-hydrogen) atoms. The first-order valence-electron chi connectivity index (χ1n) is 12.7. The van der Waals surface area contributed by atoms with Gasteiger partial charge in [0.05, 0.1) is 33.9 Å². The van der Waals surface area contributed by atoms with Crippen molar-refractivity contribution in [1.82, 2.24) is 14.8 Å². The third kappa shape index (κ3) is 6.89. The van der Waals surface area contributed by atoms with Gasteiger partial charge in [0, 0.05) is 43.5 Å². The normalized spacial score (nSPS) is 18.1. The van der Waals surface area contributed by atoms with Crippen LogP contribution in [0.2, 0.25) is 10.0 Å². The maximum atomic E-state index is 13.7. The van der Waals surface area contributed by atoms with Crippen molar-refractivity contribution >= 4 is 40.7 Å². The molecule has 4 rings (SSSR count). The molecular weight excluding hydrogens is 539 g/mol. The van der Waals surface area contributed by atoms with Crippen LogP contribution in [0, 0.1) is 5.92 Å². The molecule has 10 heteroatoms. The molecule has 2 amide bonds. The fourth-order valence-corrected chi connectivity index (χ4v) is 4.90. The van der Waals surface area contributed by atoms with Crippen LogP contribution in [0.15, 0.2) is 60.9 Å². The summed E-state index contributed by atoms with van der Waals surface area (Å²) in [7, 11) is 1.98. The number of anilines is 1. The number of aliphatic hydroxyl groups excluding tert-OH is 1. The molecule has 0 saturated carbocycles. The number of aromatic nitrogens is 1. The van der Waals surface area contributed by atoms with E-state index in [1.807, 2.05) is 33.0 Å². The molecule has 2 aromatic carbocycles. The first kappa shape index (κ1) is 28.8. The van der Waals surface area contributed by atoms with Crippen LogP contribution in [-0.2, 0) is 6.54 Å². The van der Waals surface area contributed by atoms with Crippen LogP contribution in [0.25, 0.3) is 0 Å². The molecule has 0 aliphatic carbocycles. The Morgan fingerprint density at radius 1 is 1.21 bits per heavy atom. The molecule has 0 bridgehead atoms. The molecule has 3 aromatic rings. The Hall–Kier alpha value is -3.17. The number of carbonyl (C=O) groups is 2. The average molecular weight is 572 g/mol. The standard InChI is InChI=1S/C29H32Cl2N4O4/c1-18-14-35(19(2)17-36)29(38)22-5-4-6-25(33-28(37)21-9-11-32-12-10-21)27(22)39-26(18)16-34(3)15-20-7-8-23(30)24(31)13-20/h4-13,18-19,26,36H,14-17H2,1-3H3,(H,33,37)/t18-,19+,26+/m1/s1. The Labute approximate surface area is 238 Å². The number of hydrogen-bond acceptors (Lipinski definition) is 6. The number of nitrogens with zero attached hydrogens (tertiary/aromatic N) is 3. The Bertz CT molecular complexity index is 1320. The van der Waals surface area contributed by atoms with E-state index in [9.17, 15) is 14.7 Å². The van der Waals surface area contributed by atoms with Gasteiger partial charge in [-0.3, -0.25) is 19.5 Å². The number of carbonyl (C=O) groups excluding carboxylic acids is 2. The van der Waals surface area contributed by atoms with Gasteiger partial charge in [-0.05, 0) is 55.9 Å². The molecule has 0 saturated heterocycles. The highest BCUT2D eigenvalue weighted by atomic mass is 35.5. The molecule has 0 unspecified atom stereocenters. The molecule has 0 radical (unpaired) electrons. The van der Waals surface area contributed by atoms with Crippen molar-refractivity contribution in [3.05, 3.63) is 87.7 Å². The van der Waals surface area contributed by atoms with Crippen LogP contribution in [0.5, 0.6) is 5.75 Å². The van der Waals surface area contributed by atoms with Gasteiger partial charge in [-0.15, -0.1) is 0 Å². The van der Waals surface area contributed by atoms with E-state index in [1.54, 1.807) is 53.7 Å². The second kappa shape index (κ2) is 12.8. The number of hydrogen-bond donors (Lipinski definition) is 2. The number of ether oxygens (including phenoxy) is 1. The SMILES string of the molecule is C[C@@H]1CN([C@@H](C)CO)C(=O)c2cccc(NC(=O)c3ccncc3)c2O[C@H]1CN(C)Cc1ccc(Cl)c(Cl)c1. The number of aliphatic hydroxyl groups is 1. The second-order valence-corrected chi connectivity index (χ2v) is 10.8. The zero-order chi connectivity index (χ0) is 28.1. The lowest BCUT2D eigenvalue weighted by Gasteiger charge is -2.38. The first-order chi connectivity index (χ1) is 18.7. The van der Waals surface area contributed by atoms with E-state index < -0.39 is 6.04 Å². The average Bonchev–Trinajstić information content (AvgIpc) is 2.93. The smallest absolute Gasteiger partial charge is 0.258 e. The van der Waals surface area contributed by atoms with Gasteiger partial charge in [-0.1, -0.05) is 42.3 Å². The minimum Gasteiger partial charge on any atom is -0.486 e. The number of benzene rings is 2. The fourth-order valence-electron chi connectivity index (χ4n) is 4.58. The van der Waals surface area contributed by atoms with E-state index in [2.05, 4.69) is 15.2 Å². The van der Waals surface area contributed by atoms with Crippen LogP contribution in [0.1, 0.15) is 40.1 Å². The number of fused-ring (bicyclic) bond motifs is 1. The third-order valence-corrected chi connectivity index (χ3v) is 7.55. The van der Waals surface area contributed by atoms with Crippen LogP contribution in [0.3, 0.4) is 0 Å². The number of likely N-dealkylation sites (N-methyl/N-ethyl adjacent to an activating group) is 1. The zero-order valence-corrected chi connectivity index (χ0v) is 23.6. The van der Waals surface area contributed by atoms with E-state index in [1.165, 1.54) is 0 Å². The third-order valence-electron chi connectivity index (χ3n) is 6.81. The summed E-state index contributed by atoms with van der Waals surface area (Å²) in [6.45, 7) is 5.20. The van der Waals surface area contributed by atoms with Crippen LogP contribution < -0.4 is 10.1 Å². The highest BCUT2D eigenvalue weighted by molar-refractivity contribution is 6.42. The van der Waals surface area contributed by atoms with Crippen molar-refractivity contribution in [3.63, 3.8) is 0 Å². The summed E-state index contributed by atoms with van der Waals surface area (Å²) in [5.74, 6) is -0.386. The summed E-state index contributed by atoms with van der Waals surface area (Å²) in [5, 5.41) is 13.8. The molecule has 2 heterocycles. The highest BCUT2D eigenvalue weighted by Gasteiger charge is 2.34. The lowest BCUT2D eigenvalue weighted by molar-refractivity contribution is 0.0343. The Kier molecular flexibility index (Phi) is 9.45. The van der Waals surface area contributed by atoms with E-state index in [0.29, 0.717) is 52.2 Å². The largest absolute Gasteiger partial charge is 0.486 e. The number of pyridine rings is 1. The van der Waals surface area contributed by atoms with Crippen molar-refractivity contribution in [3.8, 4) is 5.75 Å². The number of halogens is 2. The Balaban J connectivity index is 1.66. The Morgan fingerprint density at radius 2 is 1.95 bits per heavy atom. The van der Waals surface area contributed by atoms with Crippen LogP contribution in [-0.4, -0.2) is 70.6 Å².